The number of aromatic nitrogens is 3. The smallest absolute Gasteiger partial charge is 0.253 e. The van der Waals surface area contributed by atoms with Crippen molar-refractivity contribution in [1.29, 1.82) is 0 Å². The number of rotatable bonds is 8. The summed E-state index contributed by atoms with van der Waals surface area (Å²) in [5.74, 6) is 2.76. The van der Waals surface area contributed by atoms with Gasteiger partial charge in [0.1, 0.15) is 0 Å². The molecule has 3 fully saturated rings. The fraction of sp³-hybridized carbons (Fsp3) is 0.333. The van der Waals surface area contributed by atoms with Crippen molar-refractivity contribution in [3.63, 3.8) is 0 Å². The van der Waals surface area contributed by atoms with Crippen LogP contribution in [0.1, 0.15) is 40.9 Å². The monoisotopic (exact) mass is 439 g/mol. The lowest BCUT2D eigenvalue weighted by Gasteiger charge is -2.24. The summed E-state index contributed by atoms with van der Waals surface area (Å²) in [6, 6.07) is 14.3. The molecule has 3 heterocycles. The van der Waals surface area contributed by atoms with Gasteiger partial charge in [0, 0.05) is 42.9 Å². The molecule has 0 aliphatic heterocycles. The third kappa shape index (κ3) is 4.18. The number of hydrogen-bond acceptors (Lipinski definition) is 3. The van der Waals surface area contributed by atoms with Gasteiger partial charge < -0.3 is 20.2 Å². The number of benzene rings is 1. The standard InChI is InChI=1S/C27H29N5O/c33-27(23-12-25(17-29-15-23)32-5-1-2-6-32)30-13-18-3-4-20-11-24(31-26(20)10-18)16-28-14-22-9-19-7-21(22)8-19/h1-6,10-12,15,17,19,21-22,28,31H,7-9,13-14,16H2,(H,30,33)/t19?,21?,22-/m0/s1. The molecule has 33 heavy (non-hydrogen) atoms. The first-order valence-electron chi connectivity index (χ1n) is 11.9. The van der Waals surface area contributed by atoms with Crippen LogP contribution in [0.5, 0.6) is 0 Å². The van der Waals surface area contributed by atoms with Gasteiger partial charge in [-0.3, -0.25) is 9.78 Å². The summed E-state index contributed by atoms with van der Waals surface area (Å²) in [6.45, 7) is 2.48. The number of carbonyl (C=O) groups excluding carboxylic acids is 1. The molecular formula is C27H29N5O. The maximum Gasteiger partial charge on any atom is 0.253 e. The van der Waals surface area contributed by atoms with E-state index >= 15 is 0 Å². The number of hydrogen-bond donors (Lipinski definition) is 3. The minimum atomic E-state index is -0.127. The van der Waals surface area contributed by atoms with Crippen molar-refractivity contribution in [2.75, 3.05) is 6.54 Å². The molecule has 1 atom stereocenters. The van der Waals surface area contributed by atoms with Crippen molar-refractivity contribution < 1.29 is 4.79 Å². The average molecular weight is 440 g/mol. The lowest BCUT2D eigenvalue weighted by Crippen LogP contribution is -2.25. The predicted octanol–water partition coefficient (Wildman–Crippen LogP) is 4.42. The number of nitrogens with zero attached hydrogens (tertiary/aromatic N) is 2. The van der Waals surface area contributed by atoms with Gasteiger partial charge in [0.15, 0.2) is 0 Å². The second-order valence-electron chi connectivity index (χ2n) is 9.65. The molecule has 1 amide bonds. The summed E-state index contributed by atoms with van der Waals surface area (Å²) < 4.78 is 1.94. The van der Waals surface area contributed by atoms with Crippen LogP contribution in [0.2, 0.25) is 0 Å². The molecule has 6 heteroatoms. The summed E-state index contributed by atoms with van der Waals surface area (Å²) in [5, 5.41) is 7.87. The Labute approximate surface area is 193 Å². The average Bonchev–Trinajstić information content (AvgIpc) is 3.60. The Morgan fingerprint density at radius 1 is 1.06 bits per heavy atom. The number of H-pyrrole nitrogens is 1. The van der Waals surface area contributed by atoms with Crippen molar-refractivity contribution in [3.8, 4) is 5.69 Å². The third-order valence-corrected chi connectivity index (χ3v) is 7.38. The quantitative estimate of drug-likeness (QED) is 0.380. The molecule has 3 aliphatic rings. The predicted molar refractivity (Wildman–Crippen MR) is 129 cm³/mol. The van der Waals surface area contributed by atoms with Crippen molar-refractivity contribution in [2.45, 2.75) is 32.4 Å². The van der Waals surface area contributed by atoms with Crippen molar-refractivity contribution in [1.82, 2.24) is 25.2 Å². The molecule has 0 unspecified atom stereocenters. The lowest BCUT2D eigenvalue weighted by atomic mass is 9.82. The number of fused-ring (bicyclic) bond motifs is 2. The second kappa shape index (κ2) is 8.52. The molecule has 2 bridgehead atoms. The van der Waals surface area contributed by atoms with Crippen LogP contribution in [0.4, 0.5) is 0 Å². The molecule has 1 aromatic carbocycles. The first-order valence-corrected chi connectivity index (χ1v) is 11.9. The Bertz CT molecular complexity index is 1270. The van der Waals surface area contributed by atoms with Crippen LogP contribution in [0.25, 0.3) is 16.6 Å². The van der Waals surface area contributed by atoms with E-state index in [4.69, 9.17) is 0 Å². The molecule has 0 radical (unpaired) electrons. The van der Waals surface area contributed by atoms with Crippen molar-refractivity contribution in [2.24, 2.45) is 17.8 Å². The van der Waals surface area contributed by atoms with Crippen molar-refractivity contribution in [3.05, 3.63) is 84.1 Å². The maximum absolute atomic E-state index is 12.7. The first kappa shape index (κ1) is 20.2. The fourth-order valence-electron chi connectivity index (χ4n) is 5.55. The van der Waals surface area contributed by atoms with Gasteiger partial charge in [-0.1, -0.05) is 12.1 Å². The molecule has 168 valence electrons. The molecule has 0 spiro atoms. The largest absolute Gasteiger partial charge is 0.357 e. The highest BCUT2D eigenvalue weighted by Gasteiger charge is 2.43. The van der Waals surface area contributed by atoms with Gasteiger partial charge in [-0.25, -0.2) is 0 Å². The van der Waals surface area contributed by atoms with E-state index in [1.807, 2.05) is 35.2 Å². The molecule has 3 aromatic heterocycles. The summed E-state index contributed by atoms with van der Waals surface area (Å²) >= 11 is 0. The van der Waals surface area contributed by atoms with Gasteiger partial charge in [-0.05, 0) is 84.8 Å². The van der Waals surface area contributed by atoms with Crippen LogP contribution in [0.3, 0.4) is 0 Å². The van der Waals surface area contributed by atoms with Gasteiger partial charge in [-0.2, -0.15) is 0 Å². The van der Waals surface area contributed by atoms with Gasteiger partial charge in [0.05, 0.1) is 17.4 Å². The zero-order valence-corrected chi connectivity index (χ0v) is 18.6. The van der Waals surface area contributed by atoms with E-state index in [1.54, 1.807) is 12.4 Å². The van der Waals surface area contributed by atoms with E-state index < -0.39 is 0 Å². The van der Waals surface area contributed by atoms with E-state index in [2.05, 4.69) is 44.9 Å². The lowest BCUT2D eigenvalue weighted by molar-refractivity contribution is 0.0950. The number of aromatic amines is 1. The highest BCUT2D eigenvalue weighted by atomic mass is 16.1. The van der Waals surface area contributed by atoms with E-state index in [0.29, 0.717) is 12.1 Å². The van der Waals surface area contributed by atoms with Crippen LogP contribution < -0.4 is 10.6 Å². The van der Waals surface area contributed by atoms with Gasteiger partial charge in [-0.15, -0.1) is 0 Å². The Morgan fingerprint density at radius 3 is 2.76 bits per heavy atom. The molecule has 3 N–H and O–H groups in total. The number of nitrogens with one attached hydrogen (secondary N) is 3. The Kier molecular flexibility index (Phi) is 5.23. The summed E-state index contributed by atoms with van der Waals surface area (Å²) in [4.78, 5) is 20.4. The first-order chi connectivity index (χ1) is 16.2. The minimum Gasteiger partial charge on any atom is -0.357 e. The normalized spacial score (nSPS) is 21.3. The summed E-state index contributed by atoms with van der Waals surface area (Å²) in [7, 11) is 0. The van der Waals surface area contributed by atoms with Crippen LogP contribution in [-0.2, 0) is 13.1 Å². The van der Waals surface area contributed by atoms with Crippen molar-refractivity contribution >= 4 is 16.8 Å². The Balaban J connectivity index is 1.06. The van der Waals surface area contributed by atoms with Crippen LogP contribution in [0, 0.1) is 17.8 Å². The summed E-state index contributed by atoms with van der Waals surface area (Å²) in [5.41, 5.74) is 4.81. The number of carbonyl (C=O) groups is 1. The fourth-order valence-corrected chi connectivity index (χ4v) is 5.55. The van der Waals surface area contributed by atoms with Crippen LogP contribution >= 0.6 is 0 Å². The molecule has 3 saturated carbocycles. The van der Waals surface area contributed by atoms with E-state index in [0.717, 1.165) is 47.6 Å². The maximum atomic E-state index is 12.7. The van der Waals surface area contributed by atoms with Gasteiger partial charge in [0.25, 0.3) is 5.91 Å². The topological polar surface area (TPSA) is 74.7 Å². The van der Waals surface area contributed by atoms with E-state index in [-0.39, 0.29) is 5.91 Å². The second-order valence-corrected chi connectivity index (χ2v) is 9.65. The Hall–Kier alpha value is -3.38. The minimum absolute atomic E-state index is 0.127. The van der Waals surface area contributed by atoms with Crippen LogP contribution in [0.15, 0.2) is 67.3 Å². The third-order valence-electron chi connectivity index (χ3n) is 7.38. The van der Waals surface area contributed by atoms with Crippen LogP contribution in [-0.4, -0.2) is 27.0 Å². The molecule has 4 aromatic rings. The molecular weight excluding hydrogens is 410 g/mol. The zero-order valence-electron chi connectivity index (χ0n) is 18.6. The van der Waals surface area contributed by atoms with E-state index in [9.17, 15) is 4.79 Å². The molecule has 0 saturated heterocycles. The van der Waals surface area contributed by atoms with Gasteiger partial charge in [0.2, 0.25) is 0 Å². The SMILES string of the molecule is O=C(NCc1ccc2cc(CNC[C@@H]3CC4CC3C4)[nH]c2c1)c1cncc(-n2cccc2)c1. The highest BCUT2D eigenvalue weighted by molar-refractivity contribution is 5.94. The zero-order chi connectivity index (χ0) is 22.2. The molecule has 6 nitrogen and oxygen atoms in total. The highest BCUT2D eigenvalue weighted by Crippen LogP contribution is 2.52. The molecule has 3 aliphatic carbocycles. The number of amides is 1. The number of pyridine rings is 1. The summed E-state index contributed by atoms with van der Waals surface area (Å²) in [6.07, 6.45) is 11.6. The van der Waals surface area contributed by atoms with Gasteiger partial charge >= 0.3 is 0 Å². The Morgan fingerprint density at radius 2 is 1.94 bits per heavy atom. The van der Waals surface area contributed by atoms with E-state index in [1.165, 1.54) is 30.3 Å². The molecule has 7 rings (SSSR count).